The van der Waals surface area contributed by atoms with Gasteiger partial charge in [-0.1, -0.05) is 45.1 Å². The van der Waals surface area contributed by atoms with Gasteiger partial charge in [-0.3, -0.25) is 0 Å². The molecule has 0 aromatic heterocycles. The van der Waals surface area contributed by atoms with Gasteiger partial charge >= 0.3 is 0 Å². The van der Waals surface area contributed by atoms with Crippen molar-refractivity contribution in [1.29, 1.82) is 0 Å². The van der Waals surface area contributed by atoms with E-state index in [1.54, 1.807) is 0 Å². The molecule has 0 aliphatic rings. The summed E-state index contributed by atoms with van der Waals surface area (Å²) in [5.74, 6) is 0. The van der Waals surface area contributed by atoms with Crippen LogP contribution < -0.4 is 0 Å². The van der Waals surface area contributed by atoms with Crippen LogP contribution in [0.15, 0.2) is 6.07 Å². The minimum Gasteiger partial charge on any atom is -0.0654 e. The maximum atomic E-state index is 2.45. The molecule has 0 fully saturated rings. The second-order valence-corrected chi connectivity index (χ2v) is 5.58. The highest BCUT2D eigenvalue weighted by Crippen LogP contribution is 2.24. The largest absolute Gasteiger partial charge is 0.0654 e. The number of aryl methyl sites for hydroxylation is 2. The highest BCUT2D eigenvalue weighted by Gasteiger charge is 2.07. The quantitative estimate of drug-likeness (QED) is 0.530. The van der Waals surface area contributed by atoms with Crippen molar-refractivity contribution in [2.24, 2.45) is 0 Å². The molecule has 0 aliphatic heterocycles. The van der Waals surface area contributed by atoms with Crippen LogP contribution in [0.2, 0.25) is 0 Å². The van der Waals surface area contributed by atoms with Crippen molar-refractivity contribution in [2.75, 3.05) is 0 Å². The predicted octanol–water partition coefficient (Wildman–Crippen LogP) is 5.83. The van der Waals surface area contributed by atoms with Crippen LogP contribution in [0.1, 0.15) is 73.3 Å². The molecule has 18 heavy (non-hydrogen) atoms. The van der Waals surface area contributed by atoms with Crippen molar-refractivity contribution in [3.05, 3.63) is 40.3 Å². The summed E-state index contributed by atoms with van der Waals surface area (Å²) in [5, 5.41) is 0. The third kappa shape index (κ3) is 4.15. The smallest absolute Gasteiger partial charge is 0.00875 e. The summed E-state index contributed by atoms with van der Waals surface area (Å²) < 4.78 is 0. The van der Waals surface area contributed by atoms with Crippen LogP contribution in [-0.2, 0) is 0 Å². The Morgan fingerprint density at radius 1 is 0.833 bits per heavy atom. The van der Waals surface area contributed by atoms with Crippen LogP contribution in [0.4, 0.5) is 0 Å². The van der Waals surface area contributed by atoms with Gasteiger partial charge in [-0.05, 0) is 68.4 Å². The fraction of sp³-hybridized carbons (Fsp3) is 0.611. The minimum absolute atomic E-state index is 1.23. The molecule has 0 saturated carbocycles. The number of benzene rings is 1. The van der Waals surface area contributed by atoms with Gasteiger partial charge in [0, 0.05) is 0 Å². The first-order chi connectivity index (χ1) is 8.57. The molecule has 0 nitrogen and oxygen atoms in total. The number of hydrogen-bond acceptors (Lipinski definition) is 0. The third-order valence-corrected chi connectivity index (χ3v) is 4.07. The zero-order valence-corrected chi connectivity index (χ0v) is 12.9. The summed E-state index contributed by atoms with van der Waals surface area (Å²) in [6, 6.07) is 2.32. The van der Waals surface area contributed by atoms with Crippen LogP contribution in [0.5, 0.6) is 0 Å². The Morgan fingerprint density at radius 3 is 2.17 bits per heavy atom. The molecule has 0 heterocycles. The first kappa shape index (κ1) is 15.3. The highest BCUT2D eigenvalue weighted by molar-refractivity contribution is 5.47. The first-order valence-electron chi connectivity index (χ1n) is 7.48. The molecule has 0 saturated heterocycles. The van der Waals surface area contributed by atoms with Gasteiger partial charge < -0.3 is 0 Å². The molecule has 0 aliphatic carbocycles. The molecule has 1 aromatic carbocycles. The van der Waals surface area contributed by atoms with Crippen molar-refractivity contribution in [3.8, 4) is 0 Å². The minimum atomic E-state index is 1.23. The van der Waals surface area contributed by atoms with E-state index in [0.717, 1.165) is 0 Å². The summed E-state index contributed by atoms with van der Waals surface area (Å²) in [6.07, 6.45) is 10.5. The van der Waals surface area contributed by atoms with Crippen molar-refractivity contribution < 1.29 is 0 Å². The van der Waals surface area contributed by atoms with E-state index in [1.165, 1.54) is 66.3 Å². The van der Waals surface area contributed by atoms with E-state index in [2.05, 4.69) is 47.1 Å². The van der Waals surface area contributed by atoms with Gasteiger partial charge in [-0.25, -0.2) is 0 Å². The van der Waals surface area contributed by atoms with Crippen molar-refractivity contribution in [2.45, 2.75) is 73.1 Å². The number of unbranched alkanes of at least 4 members (excludes halogenated alkanes) is 5. The predicted molar refractivity (Wildman–Crippen MR) is 82.2 cm³/mol. The average molecular weight is 245 g/mol. The van der Waals surface area contributed by atoms with Crippen LogP contribution in [0.3, 0.4) is 0 Å². The molecule has 0 spiro atoms. The molecule has 0 bridgehead atoms. The number of hydrogen-bond donors (Lipinski definition) is 0. The van der Waals surface area contributed by atoms with Gasteiger partial charge in [0.25, 0.3) is 0 Å². The van der Waals surface area contributed by atoms with E-state index in [9.17, 15) is 0 Å². The molecule has 0 amide bonds. The Morgan fingerprint density at radius 2 is 1.50 bits per heavy atom. The summed E-state index contributed by atoms with van der Waals surface area (Å²) in [6.45, 7) is 11.2. The topological polar surface area (TPSA) is 0 Å². The van der Waals surface area contributed by atoms with E-state index in [-0.39, 0.29) is 0 Å². The van der Waals surface area contributed by atoms with Gasteiger partial charge in [-0.2, -0.15) is 0 Å². The standard InChI is InChI=1S/C18H29/c1-6-7-8-9-10-11-12-18-15(3)13-14(2)16(4)17(18)5/h12-13H,6-11H2,1-5H3. The third-order valence-electron chi connectivity index (χ3n) is 4.07. The van der Waals surface area contributed by atoms with E-state index in [1.807, 2.05) is 0 Å². The van der Waals surface area contributed by atoms with Crippen LogP contribution in [0.25, 0.3) is 0 Å². The van der Waals surface area contributed by atoms with Gasteiger partial charge in [0.05, 0.1) is 0 Å². The van der Waals surface area contributed by atoms with E-state index >= 15 is 0 Å². The first-order valence-corrected chi connectivity index (χ1v) is 7.48. The molecule has 1 aromatic rings. The molecule has 0 unspecified atom stereocenters. The molecular weight excluding hydrogens is 216 g/mol. The Balaban J connectivity index is 2.50. The monoisotopic (exact) mass is 245 g/mol. The Bertz CT molecular complexity index is 374. The summed E-state index contributed by atoms with van der Waals surface area (Å²) in [7, 11) is 0. The van der Waals surface area contributed by atoms with Crippen LogP contribution >= 0.6 is 0 Å². The molecule has 1 rings (SSSR count). The second kappa shape index (κ2) is 7.61. The second-order valence-electron chi connectivity index (χ2n) is 5.58. The molecule has 101 valence electrons. The average Bonchev–Trinajstić information content (AvgIpc) is 2.34. The van der Waals surface area contributed by atoms with Gasteiger partial charge in [0.2, 0.25) is 0 Å². The van der Waals surface area contributed by atoms with Gasteiger partial charge in [-0.15, -0.1) is 0 Å². The van der Waals surface area contributed by atoms with E-state index in [0.29, 0.717) is 0 Å². The van der Waals surface area contributed by atoms with E-state index in [4.69, 9.17) is 0 Å². The lowest BCUT2D eigenvalue weighted by molar-refractivity contribution is 0.631. The lowest BCUT2D eigenvalue weighted by atomic mass is 9.91. The summed E-state index contributed by atoms with van der Waals surface area (Å²) in [5.41, 5.74) is 7.27. The molecule has 0 N–H and O–H groups in total. The van der Waals surface area contributed by atoms with Crippen molar-refractivity contribution >= 4 is 0 Å². The molecular formula is C18H29. The van der Waals surface area contributed by atoms with E-state index < -0.39 is 0 Å². The maximum absolute atomic E-state index is 2.45. The zero-order valence-electron chi connectivity index (χ0n) is 12.9. The summed E-state index contributed by atoms with van der Waals surface area (Å²) >= 11 is 0. The molecule has 1 radical (unpaired) electrons. The molecule has 0 atom stereocenters. The van der Waals surface area contributed by atoms with Crippen LogP contribution in [-0.4, -0.2) is 0 Å². The van der Waals surface area contributed by atoms with Crippen LogP contribution in [0, 0.1) is 34.1 Å². The normalized spacial score (nSPS) is 10.9. The van der Waals surface area contributed by atoms with Crippen molar-refractivity contribution in [1.82, 2.24) is 0 Å². The van der Waals surface area contributed by atoms with Crippen molar-refractivity contribution in [3.63, 3.8) is 0 Å². The fourth-order valence-electron chi connectivity index (χ4n) is 2.61. The SMILES string of the molecule is CCCCCCC[CH]c1c(C)cc(C)c(C)c1C. The lowest BCUT2D eigenvalue weighted by Crippen LogP contribution is -1.97. The number of rotatable bonds is 7. The Kier molecular flexibility index (Phi) is 6.46. The lowest BCUT2D eigenvalue weighted by Gasteiger charge is -2.14. The van der Waals surface area contributed by atoms with Gasteiger partial charge in [0.15, 0.2) is 0 Å². The van der Waals surface area contributed by atoms with Gasteiger partial charge in [0.1, 0.15) is 0 Å². The summed E-state index contributed by atoms with van der Waals surface area (Å²) in [4.78, 5) is 0. The Hall–Kier alpha value is -0.780. The molecule has 0 heteroatoms. The fourth-order valence-corrected chi connectivity index (χ4v) is 2.61. The maximum Gasteiger partial charge on any atom is -0.00875 e. The Labute approximate surface area is 114 Å². The zero-order chi connectivity index (χ0) is 13.5. The highest BCUT2D eigenvalue weighted by atomic mass is 14.1.